The number of amides is 4. The van der Waals surface area contributed by atoms with Gasteiger partial charge in [-0.25, -0.2) is 14.8 Å². The zero-order valence-electron chi connectivity index (χ0n) is 25.1. The molecule has 0 aliphatic carbocycles. The van der Waals surface area contributed by atoms with Crippen molar-refractivity contribution < 1.29 is 24.3 Å². The third kappa shape index (κ3) is 7.03. The standard InChI is InChI=1S/C33H31N7O5S/c1-20-19-46-29(35-20)27-13-8-14-40(27)30(42)23-15-25(24-12-7-6-11-22(24)18-34)36-26(16-23)28(41)38-39-31(43)33(2,37-32(44)45)17-21-9-4-3-5-10-21/h3-7,9-12,15-16,19,27,37H,8,13-14,17H2,1-2H3,(H,38,41)(H,39,43)(H,44,45)/t27-,33-/m1/s1. The van der Waals surface area contributed by atoms with Crippen LogP contribution in [0.3, 0.4) is 0 Å². The Labute approximate surface area is 269 Å². The number of hydrogen-bond donors (Lipinski definition) is 4. The Hall–Kier alpha value is -5.61. The highest BCUT2D eigenvalue weighted by molar-refractivity contribution is 7.09. The summed E-state index contributed by atoms with van der Waals surface area (Å²) in [6.07, 6.45) is 0.130. The smallest absolute Gasteiger partial charge is 0.405 e. The van der Waals surface area contributed by atoms with Crippen molar-refractivity contribution in [3.63, 3.8) is 0 Å². The number of benzene rings is 2. The van der Waals surface area contributed by atoms with Crippen molar-refractivity contribution >= 4 is 35.2 Å². The van der Waals surface area contributed by atoms with Crippen LogP contribution in [0, 0.1) is 18.3 Å². The summed E-state index contributed by atoms with van der Waals surface area (Å²) in [7, 11) is 0. The summed E-state index contributed by atoms with van der Waals surface area (Å²) >= 11 is 1.49. The Morgan fingerprint density at radius 1 is 1.07 bits per heavy atom. The zero-order valence-corrected chi connectivity index (χ0v) is 25.9. The highest BCUT2D eigenvalue weighted by atomic mass is 32.1. The predicted molar refractivity (Wildman–Crippen MR) is 170 cm³/mol. The van der Waals surface area contributed by atoms with Gasteiger partial charge in [0.1, 0.15) is 16.2 Å². The van der Waals surface area contributed by atoms with E-state index < -0.39 is 23.4 Å². The number of likely N-dealkylation sites (tertiary alicyclic amines) is 1. The quantitative estimate of drug-likeness (QED) is 0.206. The molecule has 1 saturated heterocycles. The Bertz CT molecular complexity index is 1840. The van der Waals surface area contributed by atoms with Crippen LogP contribution in [-0.2, 0) is 11.2 Å². The first-order valence-corrected chi connectivity index (χ1v) is 15.4. The zero-order chi connectivity index (χ0) is 32.8. The van der Waals surface area contributed by atoms with Gasteiger partial charge in [0.25, 0.3) is 17.7 Å². The minimum Gasteiger partial charge on any atom is -0.465 e. The molecule has 12 nitrogen and oxygen atoms in total. The lowest BCUT2D eigenvalue weighted by molar-refractivity contribution is -0.127. The maximum Gasteiger partial charge on any atom is 0.405 e. The Balaban J connectivity index is 1.44. The molecule has 2 aromatic carbocycles. The lowest BCUT2D eigenvalue weighted by atomic mass is 9.92. The van der Waals surface area contributed by atoms with Crippen molar-refractivity contribution in [2.45, 2.75) is 44.7 Å². The number of hydrogen-bond acceptors (Lipinski definition) is 8. The monoisotopic (exact) mass is 637 g/mol. The van der Waals surface area contributed by atoms with E-state index in [1.165, 1.54) is 24.3 Å². The molecule has 234 valence electrons. The maximum absolute atomic E-state index is 14.0. The first-order valence-electron chi connectivity index (χ1n) is 14.5. The van der Waals surface area contributed by atoms with Crippen molar-refractivity contribution in [2.75, 3.05) is 6.54 Å². The highest BCUT2D eigenvalue weighted by Gasteiger charge is 2.36. The third-order valence-electron chi connectivity index (χ3n) is 7.64. The van der Waals surface area contributed by atoms with Crippen LogP contribution in [0.4, 0.5) is 4.79 Å². The number of aryl methyl sites for hydroxylation is 1. The van der Waals surface area contributed by atoms with Crippen LogP contribution in [0.2, 0.25) is 0 Å². The van der Waals surface area contributed by atoms with Crippen LogP contribution >= 0.6 is 11.3 Å². The highest BCUT2D eigenvalue weighted by Crippen LogP contribution is 2.35. The van der Waals surface area contributed by atoms with Gasteiger partial charge in [-0.05, 0) is 50.5 Å². The van der Waals surface area contributed by atoms with Crippen LogP contribution in [0.15, 0.2) is 72.1 Å². The van der Waals surface area contributed by atoms with Crippen molar-refractivity contribution in [1.82, 2.24) is 31.0 Å². The van der Waals surface area contributed by atoms with Crippen LogP contribution < -0.4 is 16.2 Å². The molecule has 1 aliphatic rings. The number of rotatable bonds is 8. The minimum atomic E-state index is -1.64. The number of hydrazine groups is 1. The predicted octanol–water partition coefficient (Wildman–Crippen LogP) is 4.39. The molecule has 2 aromatic heterocycles. The SMILES string of the molecule is Cc1csc([C@H]2CCCN2C(=O)c2cc(C(=O)NNC(=O)[C@@](C)(Cc3ccccc3)NC(=O)O)nc(-c3ccccc3C#N)c2)n1. The molecular weight excluding hydrogens is 606 g/mol. The molecule has 0 saturated carbocycles. The third-order valence-corrected chi connectivity index (χ3v) is 8.70. The summed E-state index contributed by atoms with van der Waals surface area (Å²) in [6, 6.07) is 20.3. The van der Waals surface area contributed by atoms with E-state index in [2.05, 4.69) is 32.2 Å². The van der Waals surface area contributed by atoms with Gasteiger partial charge >= 0.3 is 6.09 Å². The number of pyridine rings is 1. The van der Waals surface area contributed by atoms with E-state index in [0.29, 0.717) is 23.2 Å². The van der Waals surface area contributed by atoms with Gasteiger partial charge in [-0.15, -0.1) is 11.3 Å². The first kappa shape index (κ1) is 31.8. The number of thiazole rings is 1. The van der Waals surface area contributed by atoms with Crippen molar-refractivity contribution in [3.05, 3.63) is 105 Å². The van der Waals surface area contributed by atoms with E-state index in [4.69, 9.17) is 0 Å². The Morgan fingerprint density at radius 3 is 2.50 bits per heavy atom. The molecule has 4 aromatic rings. The number of nitriles is 1. The summed E-state index contributed by atoms with van der Waals surface area (Å²) in [4.78, 5) is 63.0. The second kappa shape index (κ2) is 13.6. The molecule has 0 unspecified atom stereocenters. The molecule has 4 N–H and O–H groups in total. The number of aromatic nitrogens is 2. The van der Waals surface area contributed by atoms with Crippen molar-refractivity contribution in [1.29, 1.82) is 5.26 Å². The van der Waals surface area contributed by atoms with Crippen molar-refractivity contribution in [3.8, 4) is 17.3 Å². The molecule has 0 radical (unpaired) electrons. The average molecular weight is 638 g/mol. The number of carboxylic acid groups (broad SMARTS) is 1. The van der Waals surface area contributed by atoms with E-state index >= 15 is 0 Å². The number of carbonyl (C=O) groups excluding carboxylic acids is 3. The van der Waals surface area contributed by atoms with Crippen LogP contribution in [0.5, 0.6) is 0 Å². The lowest BCUT2D eigenvalue weighted by Crippen LogP contribution is -2.61. The second-order valence-corrected chi connectivity index (χ2v) is 12.0. The largest absolute Gasteiger partial charge is 0.465 e. The van der Waals surface area contributed by atoms with Gasteiger partial charge in [0.05, 0.1) is 23.4 Å². The summed E-state index contributed by atoms with van der Waals surface area (Å²) < 4.78 is 0. The molecule has 46 heavy (non-hydrogen) atoms. The van der Waals surface area contributed by atoms with Crippen molar-refractivity contribution in [2.24, 2.45) is 0 Å². The molecule has 1 aliphatic heterocycles. The average Bonchev–Trinajstić information content (AvgIpc) is 3.72. The summed E-state index contributed by atoms with van der Waals surface area (Å²) in [6.45, 7) is 3.80. The van der Waals surface area contributed by atoms with E-state index in [0.717, 1.165) is 23.5 Å². The molecular formula is C33H31N7O5S. The van der Waals surface area contributed by atoms with E-state index in [1.54, 1.807) is 65.6 Å². The molecule has 5 rings (SSSR count). The van der Waals surface area contributed by atoms with Crippen LogP contribution in [-0.4, -0.2) is 55.9 Å². The van der Waals surface area contributed by atoms with E-state index in [-0.39, 0.29) is 35.3 Å². The lowest BCUT2D eigenvalue weighted by Gasteiger charge is -2.28. The second-order valence-electron chi connectivity index (χ2n) is 11.1. The Kier molecular flexibility index (Phi) is 9.39. The molecule has 0 spiro atoms. The summed E-state index contributed by atoms with van der Waals surface area (Å²) in [5.41, 5.74) is 5.48. The molecule has 4 amide bonds. The fraction of sp³-hybridized carbons (Fsp3) is 0.242. The summed E-state index contributed by atoms with van der Waals surface area (Å²) in [5, 5.41) is 24.2. The van der Waals surface area contributed by atoms with E-state index in [9.17, 15) is 29.5 Å². The van der Waals surface area contributed by atoms with Gasteiger partial charge < -0.3 is 15.3 Å². The molecule has 1 fully saturated rings. The first-order chi connectivity index (χ1) is 22.1. The molecule has 13 heteroatoms. The van der Waals surface area contributed by atoms with Crippen LogP contribution in [0.1, 0.15) is 68.5 Å². The van der Waals surface area contributed by atoms with Gasteiger partial charge in [-0.1, -0.05) is 48.5 Å². The van der Waals surface area contributed by atoms with Gasteiger partial charge in [-0.3, -0.25) is 25.2 Å². The fourth-order valence-electron chi connectivity index (χ4n) is 5.41. The van der Waals surface area contributed by atoms with Crippen LogP contribution in [0.25, 0.3) is 11.3 Å². The topological polar surface area (TPSA) is 177 Å². The maximum atomic E-state index is 14.0. The van der Waals surface area contributed by atoms with Gasteiger partial charge in [0.15, 0.2) is 0 Å². The normalized spacial score (nSPS) is 15.3. The molecule has 2 atom stereocenters. The molecule has 0 bridgehead atoms. The summed E-state index contributed by atoms with van der Waals surface area (Å²) in [5.74, 6) is -1.98. The number of carbonyl (C=O) groups is 4. The minimum absolute atomic E-state index is 0.00873. The van der Waals surface area contributed by atoms with Gasteiger partial charge in [0, 0.05) is 35.2 Å². The van der Waals surface area contributed by atoms with Gasteiger partial charge in [0.2, 0.25) is 0 Å². The number of nitrogens with zero attached hydrogens (tertiary/aromatic N) is 4. The van der Waals surface area contributed by atoms with E-state index in [1.807, 2.05) is 12.3 Å². The van der Waals surface area contributed by atoms with Gasteiger partial charge in [-0.2, -0.15) is 5.26 Å². The fourth-order valence-corrected chi connectivity index (χ4v) is 6.35. The number of nitrogens with one attached hydrogen (secondary N) is 3. The Morgan fingerprint density at radius 2 is 1.80 bits per heavy atom. The molecule has 3 heterocycles.